The Balaban J connectivity index is 1.91. The van der Waals surface area contributed by atoms with Crippen LogP contribution < -0.4 is 10.1 Å². The highest BCUT2D eigenvalue weighted by atomic mass is 32.2. The summed E-state index contributed by atoms with van der Waals surface area (Å²) in [6, 6.07) is 9.92. The van der Waals surface area contributed by atoms with Gasteiger partial charge in [0, 0.05) is 0 Å². The van der Waals surface area contributed by atoms with Gasteiger partial charge in [0.15, 0.2) is 0 Å². The molecule has 0 saturated heterocycles. The maximum atomic E-state index is 12.7. The monoisotopic (exact) mass is 374 g/mol. The number of fused-ring (bicyclic) bond motifs is 1. The lowest BCUT2D eigenvalue weighted by molar-refractivity contribution is -0.118. The van der Waals surface area contributed by atoms with E-state index < -0.39 is 27.9 Å². The zero-order chi connectivity index (χ0) is 19.1. The van der Waals surface area contributed by atoms with Crippen molar-refractivity contribution >= 4 is 27.5 Å². The highest BCUT2D eigenvalue weighted by molar-refractivity contribution is 7.90. The van der Waals surface area contributed by atoms with E-state index in [1.807, 2.05) is 13.0 Å². The quantitative estimate of drug-likeness (QED) is 0.885. The van der Waals surface area contributed by atoms with Crippen LogP contribution in [0.15, 0.2) is 47.4 Å². The Morgan fingerprint density at radius 3 is 2.54 bits per heavy atom. The van der Waals surface area contributed by atoms with E-state index in [1.54, 1.807) is 18.2 Å². The number of methoxy groups -OCH3 is 1. The van der Waals surface area contributed by atoms with E-state index in [9.17, 15) is 18.0 Å². The fourth-order valence-corrected chi connectivity index (χ4v) is 4.57. The molecule has 7 nitrogen and oxygen atoms in total. The first-order chi connectivity index (χ1) is 12.3. The van der Waals surface area contributed by atoms with Crippen molar-refractivity contribution in [1.29, 1.82) is 0 Å². The molecule has 1 heterocycles. The smallest absolute Gasteiger partial charge is 0.269 e. The molecule has 1 atom stereocenters. The summed E-state index contributed by atoms with van der Waals surface area (Å²) in [5.41, 5.74) is 1.37. The van der Waals surface area contributed by atoms with Gasteiger partial charge < -0.3 is 10.1 Å². The van der Waals surface area contributed by atoms with Crippen molar-refractivity contribution < 1.29 is 22.7 Å². The molecule has 0 aromatic heterocycles. The first-order valence-corrected chi connectivity index (χ1v) is 9.34. The number of sulfonamides is 1. The average Bonchev–Trinajstić information content (AvgIpc) is 2.81. The van der Waals surface area contributed by atoms with Gasteiger partial charge in [0.2, 0.25) is 5.91 Å². The van der Waals surface area contributed by atoms with Gasteiger partial charge in [-0.05, 0) is 43.7 Å². The van der Waals surface area contributed by atoms with Crippen molar-refractivity contribution in [1.82, 2.24) is 4.31 Å². The van der Waals surface area contributed by atoms with Crippen LogP contribution in [0, 0.1) is 6.92 Å². The number of aryl methyl sites for hydroxylation is 1. The summed E-state index contributed by atoms with van der Waals surface area (Å²) in [6.07, 6.45) is 0. The number of hydrogen-bond donors (Lipinski definition) is 1. The fourth-order valence-electron chi connectivity index (χ4n) is 2.85. The van der Waals surface area contributed by atoms with Crippen LogP contribution in [0.25, 0.3) is 0 Å². The molecule has 136 valence electrons. The van der Waals surface area contributed by atoms with Gasteiger partial charge in [0.25, 0.3) is 15.9 Å². The summed E-state index contributed by atoms with van der Waals surface area (Å²) in [5, 5.41) is 2.64. The van der Waals surface area contributed by atoms with E-state index >= 15 is 0 Å². The molecular formula is C18H18N2O5S. The maximum absolute atomic E-state index is 12.7. The molecule has 3 rings (SSSR count). The number of carbonyl (C=O) groups is 2. The van der Waals surface area contributed by atoms with Gasteiger partial charge in [-0.25, -0.2) is 12.7 Å². The molecule has 26 heavy (non-hydrogen) atoms. The SMILES string of the molecule is COc1ccc(C)cc1NC(=O)[C@@H](C)N1C(=O)c2ccccc2S1(=O)=O. The van der Waals surface area contributed by atoms with Crippen LogP contribution in [-0.4, -0.2) is 37.7 Å². The summed E-state index contributed by atoms with van der Waals surface area (Å²) in [4.78, 5) is 25.1. The van der Waals surface area contributed by atoms with Crippen LogP contribution in [0.4, 0.5) is 5.69 Å². The number of ether oxygens (including phenoxy) is 1. The zero-order valence-corrected chi connectivity index (χ0v) is 15.3. The van der Waals surface area contributed by atoms with E-state index in [4.69, 9.17) is 4.74 Å². The summed E-state index contributed by atoms with van der Waals surface area (Å²) >= 11 is 0. The van der Waals surface area contributed by atoms with Gasteiger partial charge in [0.05, 0.1) is 18.4 Å². The highest BCUT2D eigenvalue weighted by Gasteiger charge is 2.45. The predicted octanol–water partition coefficient (Wildman–Crippen LogP) is 2.18. The molecule has 8 heteroatoms. The van der Waals surface area contributed by atoms with Crippen LogP contribution in [0.5, 0.6) is 5.75 Å². The highest BCUT2D eigenvalue weighted by Crippen LogP contribution is 2.32. The Morgan fingerprint density at radius 2 is 1.88 bits per heavy atom. The largest absolute Gasteiger partial charge is 0.495 e. The van der Waals surface area contributed by atoms with E-state index in [0.717, 1.165) is 5.56 Å². The number of nitrogens with zero attached hydrogens (tertiary/aromatic N) is 1. The fraction of sp³-hybridized carbons (Fsp3) is 0.222. The maximum Gasteiger partial charge on any atom is 0.269 e. The van der Waals surface area contributed by atoms with Crippen molar-refractivity contribution in [3.63, 3.8) is 0 Å². The molecule has 0 bridgehead atoms. The van der Waals surface area contributed by atoms with E-state index in [0.29, 0.717) is 15.7 Å². The number of rotatable bonds is 4. The van der Waals surface area contributed by atoms with E-state index in [2.05, 4.69) is 5.32 Å². The van der Waals surface area contributed by atoms with Crippen LogP contribution in [0.2, 0.25) is 0 Å². The van der Waals surface area contributed by atoms with Crippen LogP contribution in [-0.2, 0) is 14.8 Å². The number of benzene rings is 2. The van der Waals surface area contributed by atoms with Crippen molar-refractivity contribution in [3.05, 3.63) is 53.6 Å². The minimum Gasteiger partial charge on any atom is -0.495 e. The number of carbonyl (C=O) groups excluding carboxylic acids is 2. The normalized spacial score (nSPS) is 16.1. The van der Waals surface area contributed by atoms with Gasteiger partial charge in [-0.3, -0.25) is 9.59 Å². The Kier molecular flexibility index (Phi) is 4.45. The number of anilines is 1. The topological polar surface area (TPSA) is 92.8 Å². The van der Waals surface area contributed by atoms with Crippen LogP contribution in [0.1, 0.15) is 22.8 Å². The molecule has 0 aliphatic carbocycles. The Morgan fingerprint density at radius 1 is 1.19 bits per heavy atom. The van der Waals surface area contributed by atoms with Crippen molar-refractivity contribution in [2.45, 2.75) is 24.8 Å². The van der Waals surface area contributed by atoms with Gasteiger partial charge in [0.1, 0.15) is 16.7 Å². The third-order valence-electron chi connectivity index (χ3n) is 4.20. The van der Waals surface area contributed by atoms with Gasteiger partial charge in [-0.1, -0.05) is 18.2 Å². The third kappa shape index (κ3) is 2.82. The van der Waals surface area contributed by atoms with Gasteiger partial charge in [-0.2, -0.15) is 0 Å². The molecule has 1 N–H and O–H groups in total. The molecule has 0 saturated carbocycles. The molecule has 2 aromatic rings. The lowest BCUT2D eigenvalue weighted by Crippen LogP contribution is -2.45. The molecule has 0 fully saturated rings. The molecule has 0 radical (unpaired) electrons. The molecule has 1 aliphatic rings. The third-order valence-corrected chi connectivity index (χ3v) is 6.11. The van der Waals surface area contributed by atoms with Crippen molar-refractivity contribution in [2.75, 3.05) is 12.4 Å². The molecular weight excluding hydrogens is 356 g/mol. The molecule has 0 spiro atoms. The number of hydrogen-bond acceptors (Lipinski definition) is 5. The lowest BCUT2D eigenvalue weighted by Gasteiger charge is -2.23. The second-order valence-corrected chi connectivity index (χ2v) is 7.75. The van der Waals surface area contributed by atoms with Gasteiger partial charge in [-0.15, -0.1) is 0 Å². The van der Waals surface area contributed by atoms with E-state index in [1.165, 1.54) is 32.2 Å². The minimum atomic E-state index is -4.06. The number of amides is 2. The second kappa shape index (κ2) is 6.45. The summed E-state index contributed by atoms with van der Waals surface area (Å²) in [5.74, 6) is -0.895. The lowest BCUT2D eigenvalue weighted by atomic mass is 10.2. The average molecular weight is 374 g/mol. The predicted molar refractivity (Wildman–Crippen MR) is 95.6 cm³/mol. The van der Waals surface area contributed by atoms with Crippen molar-refractivity contribution in [3.8, 4) is 5.75 Å². The second-order valence-electron chi connectivity index (χ2n) is 5.97. The summed E-state index contributed by atoms with van der Waals surface area (Å²) in [6.45, 7) is 3.22. The Bertz CT molecular complexity index is 1000. The standard InChI is InChI=1S/C18H18N2O5S/c1-11-8-9-15(25-3)14(10-11)19-17(21)12(2)20-18(22)13-6-4-5-7-16(13)26(20,23)24/h4-10,12H,1-3H3,(H,19,21)/t12-/m1/s1. The first-order valence-electron chi connectivity index (χ1n) is 7.90. The number of nitrogens with one attached hydrogen (secondary N) is 1. The van der Waals surface area contributed by atoms with Gasteiger partial charge >= 0.3 is 0 Å². The van der Waals surface area contributed by atoms with Crippen LogP contribution in [0.3, 0.4) is 0 Å². The Labute approximate surface area is 151 Å². The Hall–Kier alpha value is -2.87. The summed E-state index contributed by atoms with van der Waals surface area (Å²) < 4.78 is 31.2. The molecule has 1 aliphatic heterocycles. The first kappa shape index (κ1) is 17.9. The van der Waals surface area contributed by atoms with Crippen molar-refractivity contribution in [2.24, 2.45) is 0 Å². The minimum absolute atomic E-state index is 0.0697. The summed E-state index contributed by atoms with van der Waals surface area (Å²) in [7, 11) is -2.60. The van der Waals surface area contributed by atoms with Crippen LogP contribution >= 0.6 is 0 Å². The molecule has 0 unspecified atom stereocenters. The molecule has 2 amide bonds. The molecule has 2 aromatic carbocycles. The zero-order valence-electron chi connectivity index (χ0n) is 14.5. The van der Waals surface area contributed by atoms with E-state index in [-0.39, 0.29) is 10.5 Å².